The first kappa shape index (κ1) is 14.5. The fraction of sp³-hybridized carbons (Fsp3) is 0.0667. The van der Waals surface area contributed by atoms with E-state index in [2.05, 4.69) is 4.99 Å². The highest BCUT2D eigenvalue weighted by atomic mass is 35.5. The zero-order chi connectivity index (χ0) is 14.8. The summed E-state index contributed by atoms with van der Waals surface area (Å²) in [5.74, 6) is 1.30. The minimum absolute atomic E-state index is 0.0555. The molecule has 2 aromatic rings. The molecular weight excluding hydrogens is 326 g/mol. The first-order valence-corrected chi connectivity index (χ1v) is 8.50. The third-order valence-electron chi connectivity index (χ3n) is 2.79. The molecule has 6 heteroatoms. The predicted octanol–water partition coefficient (Wildman–Crippen LogP) is 4.93. The molecule has 1 aromatic heterocycles. The quantitative estimate of drug-likeness (QED) is 0.729. The normalized spacial score (nSPS) is 16.6. The molecule has 3 nitrogen and oxygen atoms in total. The number of hydrogen-bond acceptors (Lipinski definition) is 5. The van der Waals surface area contributed by atoms with E-state index in [4.69, 9.17) is 16.0 Å². The lowest BCUT2D eigenvalue weighted by Crippen LogP contribution is -1.86. The summed E-state index contributed by atoms with van der Waals surface area (Å²) in [6.07, 6.45) is 3.55. The fourth-order valence-electron chi connectivity index (χ4n) is 1.84. The van der Waals surface area contributed by atoms with Crippen molar-refractivity contribution in [3.8, 4) is 11.3 Å². The van der Waals surface area contributed by atoms with Crippen LogP contribution in [0.2, 0.25) is 5.02 Å². The molecule has 106 valence electrons. The van der Waals surface area contributed by atoms with E-state index < -0.39 is 0 Å². The molecule has 1 aromatic carbocycles. The Labute approximate surface area is 135 Å². The summed E-state index contributed by atoms with van der Waals surface area (Å²) < 4.78 is 6.49. The van der Waals surface area contributed by atoms with E-state index in [1.165, 1.54) is 11.8 Å². The molecule has 0 saturated heterocycles. The van der Waals surface area contributed by atoms with Crippen LogP contribution in [-0.4, -0.2) is 15.7 Å². The SMILES string of the molecule is CSC1=N/C(=C\c2ccc(-c3cccc(Cl)c3)o2)C(=O)S1. The minimum Gasteiger partial charge on any atom is -0.457 e. The van der Waals surface area contributed by atoms with E-state index in [1.54, 1.807) is 6.08 Å². The van der Waals surface area contributed by atoms with Gasteiger partial charge in [0.05, 0.1) is 0 Å². The zero-order valence-corrected chi connectivity index (χ0v) is 13.4. The molecular formula is C15H10ClNO2S2. The van der Waals surface area contributed by atoms with Crippen molar-refractivity contribution >= 4 is 50.7 Å². The second-order valence-corrected chi connectivity index (χ2v) is 6.66. The van der Waals surface area contributed by atoms with Gasteiger partial charge < -0.3 is 4.42 Å². The van der Waals surface area contributed by atoms with Crippen LogP contribution in [0, 0.1) is 0 Å². The maximum Gasteiger partial charge on any atom is 0.244 e. The predicted molar refractivity (Wildman–Crippen MR) is 90.7 cm³/mol. The largest absolute Gasteiger partial charge is 0.457 e. The van der Waals surface area contributed by atoms with Gasteiger partial charge >= 0.3 is 0 Å². The standard InChI is InChI=1S/C15H10ClNO2S2/c1-20-15-17-12(14(18)21-15)8-11-5-6-13(19-11)9-3-2-4-10(16)7-9/h2-8H,1H3/b12-8-. The molecule has 0 atom stereocenters. The average Bonchev–Trinajstić information content (AvgIpc) is 3.07. The second-order valence-electron chi connectivity index (χ2n) is 4.21. The number of halogens is 1. The van der Waals surface area contributed by atoms with E-state index in [0.717, 1.165) is 21.7 Å². The Balaban J connectivity index is 1.89. The molecule has 2 heterocycles. The number of carbonyl (C=O) groups excluding carboxylic acids is 1. The van der Waals surface area contributed by atoms with Gasteiger partial charge in [-0.15, -0.1) is 11.8 Å². The van der Waals surface area contributed by atoms with Crippen LogP contribution in [0.4, 0.5) is 0 Å². The summed E-state index contributed by atoms with van der Waals surface area (Å²) in [5.41, 5.74) is 1.31. The number of hydrogen-bond donors (Lipinski definition) is 0. The van der Waals surface area contributed by atoms with E-state index in [9.17, 15) is 4.79 Å². The van der Waals surface area contributed by atoms with Gasteiger partial charge in [-0.2, -0.15) is 0 Å². The highest BCUT2D eigenvalue weighted by Gasteiger charge is 2.21. The van der Waals surface area contributed by atoms with Gasteiger partial charge in [-0.1, -0.05) is 23.7 Å². The van der Waals surface area contributed by atoms with Gasteiger partial charge in [0.2, 0.25) is 5.12 Å². The molecule has 0 saturated carbocycles. The molecule has 3 rings (SSSR count). The molecule has 21 heavy (non-hydrogen) atoms. The Morgan fingerprint density at radius 2 is 2.19 bits per heavy atom. The van der Waals surface area contributed by atoms with Gasteiger partial charge in [0, 0.05) is 16.7 Å². The first-order valence-electron chi connectivity index (χ1n) is 6.08. The number of rotatable bonds is 2. The lowest BCUT2D eigenvalue weighted by atomic mass is 10.2. The van der Waals surface area contributed by atoms with Gasteiger partial charge in [-0.05, 0) is 42.3 Å². The van der Waals surface area contributed by atoms with Crippen molar-refractivity contribution in [1.29, 1.82) is 0 Å². The van der Waals surface area contributed by atoms with Crippen LogP contribution >= 0.6 is 35.1 Å². The van der Waals surface area contributed by atoms with Crippen LogP contribution in [0.1, 0.15) is 5.76 Å². The molecule has 0 radical (unpaired) electrons. The Bertz CT molecular complexity index is 765. The highest BCUT2D eigenvalue weighted by Crippen LogP contribution is 2.31. The van der Waals surface area contributed by atoms with Gasteiger partial charge in [-0.25, -0.2) is 4.99 Å². The van der Waals surface area contributed by atoms with E-state index >= 15 is 0 Å². The van der Waals surface area contributed by atoms with E-state index in [0.29, 0.717) is 22.2 Å². The zero-order valence-electron chi connectivity index (χ0n) is 11.0. The monoisotopic (exact) mass is 335 g/mol. The minimum atomic E-state index is -0.0555. The van der Waals surface area contributed by atoms with Crippen molar-refractivity contribution in [1.82, 2.24) is 0 Å². The summed E-state index contributed by atoms with van der Waals surface area (Å²) in [5, 5.41) is 0.598. The fourth-order valence-corrected chi connectivity index (χ4v) is 3.29. The van der Waals surface area contributed by atoms with Gasteiger partial charge in [0.25, 0.3) is 0 Å². The summed E-state index contributed by atoms with van der Waals surface area (Å²) >= 11 is 8.57. The number of furan rings is 1. The third kappa shape index (κ3) is 3.26. The molecule has 0 unspecified atom stereocenters. The molecule has 0 amide bonds. The van der Waals surface area contributed by atoms with Crippen molar-refractivity contribution in [2.45, 2.75) is 0 Å². The average molecular weight is 336 g/mol. The van der Waals surface area contributed by atoms with Crippen LogP contribution in [0.5, 0.6) is 0 Å². The number of thioether (sulfide) groups is 2. The van der Waals surface area contributed by atoms with Crippen molar-refractivity contribution in [2.24, 2.45) is 4.99 Å². The first-order chi connectivity index (χ1) is 10.2. The van der Waals surface area contributed by atoms with Crippen molar-refractivity contribution in [3.63, 3.8) is 0 Å². The maximum atomic E-state index is 11.8. The highest BCUT2D eigenvalue weighted by molar-refractivity contribution is 8.45. The maximum absolute atomic E-state index is 11.8. The molecule has 0 spiro atoms. The van der Waals surface area contributed by atoms with Gasteiger partial charge in [0.1, 0.15) is 21.6 Å². The van der Waals surface area contributed by atoms with Gasteiger partial charge in [-0.3, -0.25) is 4.79 Å². The van der Waals surface area contributed by atoms with Crippen LogP contribution in [-0.2, 0) is 4.79 Å². The van der Waals surface area contributed by atoms with Crippen LogP contribution in [0.15, 0.2) is 51.5 Å². The molecule has 0 N–H and O–H groups in total. The Kier molecular flexibility index (Phi) is 4.24. The Hall–Kier alpha value is -1.43. The smallest absolute Gasteiger partial charge is 0.244 e. The number of carbonyl (C=O) groups is 1. The number of aliphatic imine (C=N–C) groups is 1. The number of benzene rings is 1. The number of nitrogens with zero attached hydrogens (tertiary/aromatic N) is 1. The lowest BCUT2D eigenvalue weighted by molar-refractivity contribution is -0.107. The summed E-state index contributed by atoms with van der Waals surface area (Å²) in [4.78, 5) is 16.0. The molecule has 1 aliphatic rings. The third-order valence-corrected chi connectivity index (χ3v) is 4.88. The molecule has 0 fully saturated rings. The van der Waals surface area contributed by atoms with Gasteiger partial charge in [0.15, 0.2) is 0 Å². The Morgan fingerprint density at radius 3 is 2.90 bits per heavy atom. The summed E-state index contributed by atoms with van der Waals surface area (Å²) in [7, 11) is 0. The van der Waals surface area contributed by atoms with Crippen molar-refractivity contribution in [3.05, 3.63) is 52.9 Å². The molecule has 1 aliphatic heterocycles. The summed E-state index contributed by atoms with van der Waals surface area (Å²) in [6, 6.07) is 11.1. The Morgan fingerprint density at radius 1 is 1.33 bits per heavy atom. The van der Waals surface area contributed by atoms with Crippen LogP contribution in [0.3, 0.4) is 0 Å². The lowest BCUT2D eigenvalue weighted by Gasteiger charge is -1.97. The van der Waals surface area contributed by atoms with Crippen LogP contribution < -0.4 is 0 Å². The second kappa shape index (κ2) is 6.13. The van der Waals surface area contributed by atoms with Crippen molar-refractivity contribution < 1.29 is 9.21 Å². The van der Waals surface area contributed by atoms with Crippen LogP contribution in [0.25, 0.3) is 17.4 Å². The molecule has 0 bridgehead atoms. The summed E-state index contributed by atoms with van der Waals surface area (Å²) in [6.45, 7) is 0. The van der Waals surface area contributed by atoms with E-state index in [1.807, 2.05) is 42.7 Å². The van der Waals surface area contributed by atoms with Crippen molar-refractivity contribution in [2.75, 3.05) is 6.26 Å². The van der Waals surface area contributed by atoms with E-state index in [-0.39, 0.29) is 5.12 Å². The topological polar surface area (TPSA) is 42.6 Å². The molecule has 0 aliphatic carbocycles.